The van der Waals surface area contributed by atoms with Gasteiger partial charge in [0.1, 0.15) is 11.4 Å². The van der Waals surface area contributed by atoms with E-state index in [-0.39, 0.29) is 17.1 Å². The number of hydrogen-bond donors (Lipinski definition) is 4. The Labute approximate surface area is 341 Å². The van der Waals surface area contributed by atoms with Crippen LogP contribution < -0.4 is 5.73 Å². The number of nitrogens with zero attached hydrogens (tertiary/aromatic N) is 4. The lowest BCUT2D eigenvalue weighted by molar-refractivity contribution is -0.432. The van der Waals surface area contributed by atoms with Crippen LogP contribution in [-0.4, -0.2) is 29.6 Å². The van der Waals surface area contributed by atoms with Gasteiger partial charge < -0.3 is 10.8 Å². The maximum Gasteiger partial charge on any atom is 0.261 e. The van der Waals surface area contributed by atoms with Gasteiger partial charge >= 0.3 is 0 Å². The number of fused-ring (bicyclic) bond motifs is 3. The molecule has 308 valence electrons. The fourth-order valence-electron chi connectivity index (χ4n) is 4.45. The van der Waals surface area contributed by atoms with Crippen LogP contribution >= 0.6 is 12.0 Å². The van der Waals surface area contributed by atoms with Gasteiger partial charge in [-0.15, -0.1) is 14.6 Å². The first-order valence-electron chi connectivity index (χ1n) is 18.7. The molecule has 0 bridgehead atoms. The average molecular weight is 820 g/mol. The predicted octanol–water partition coefficient (Wildman–Crippen LogP) is 14.9. The van der Waals surface area contributed by atoms with E-state index in [4.69, 9.17) is 15.5 Å². The molecule has 57 heavy (non-hydrogen) atoms. The lowest BCUT2D eigenvalue weighted by Crippen LogP contribution is -1.90. The van der Waals surface area contributed by atoms with Crippen LogP contribution in [0.15, 0.2) is 128 Å². The zero-order chi connectivity index (χ0) is 42.8. The van der Waals surface area contributed by atoms with E-state index in [1.54, 1.807) is 18.2 Å². The van der Waals surface area contributed by atoms with E-state index in [1.807, 2.05) is 84.9 Å². The average Bonchev–Trinajstić information content (AvgIpc) is 3.17. The molecule has 14 heteroatoms. The van der Waals surface area contributed by atoms with Crippen LogP contribution in [0, 0.1) is 0 Å². The number of aromatic hydroxyl groups is 1. The van der Waals surface area contributed by atoms with Crippen molar-refractivity contribution in [3.8, 4) is 5.75 Å². The molecule has 0 aliphatic carbocycles. The molecule has 0 saturated heterocycles. The van der Waals surface area contributed by atoms with Gasteiger partial charge in [-0.05, 0) is 63.3 Å². The van der Waals surface area contributed by atoms with Crippen LogP contribution in [0.4, 0.5) is 28.4 Å². The van der Waals surface area contributed by atoms with Crippen molar-refractivity contribution in [2.45, 2.75) is 86.0 Å². The summed E-state index contributed by atoms with van der Waals surface area (Å²) in [6.07, 6.45) is 5.72. The van der Waals surface area contributed by atoms with Crippen molar-refractivity contribution >= 4 is 82.9 Å². The summed E-state index contributed by atoms with van der Waals surface area (Å²) in [5.41, 5.74) is 8.40. The highest BCUT2D eigenvalue weighted by molar-refractivity contribution is 7.94. The van der Waals surface area contributed by atoms with Crippen LogP contribution in [0.25, 0.3) is 32.3 Å². The van der Waals surface area contributed by atoms with E-state index in [0.29, 0.717) is 51.0 Å². The predicted molar refractivity (Wildman–Crippen MR) is 238 cm³/mol. The third-order valence-corrected chi connectivity index (χ3v) is 7.01. The van der Waals surface area contributed by atoms with Gasteiger partial charge in [-0.2, -0.15) is 18.6 Å². The summed E-state index contributed by atoms with van der Waals surface area (Å²) in [4.78, 5) is 0.341. The molecule has 0 spiro atoms. The van der Waals surface area contributed by atoms with Gasteiger partial charge in [0.25, 0.3) is 10.1 Å². The fraction of sp³-hybridized carbons (Fsp3) is 0.302. The summed E-state index contributed by atoms with van der Waals surface area (Å²) in [6.45, 7) is 17.0. The normalized spacial score (nSPS) is 10.6. The van der Waals surface area contributed by atoms with E-state index in [2.05, 4.69) is 85.2 Å². The zero-order valence-electron chi connectivity index (χ0n) is 34.3. The topological polar surface area (TPSA) is 189 Å². The minimum Gasteiger partial charge on any atom is -0.505 e. The molecule has 6 aromatic carbocycles. The van der Waals surface area contributed by atoms with Crippen molar-refractivity contribution < 1.29 is 32.7 Å². The van der Waals surface area contributed by atoms with E-state index >= 15 is 0 Å². The number of nitrogen functional groups attached to an aromatic ring is 1. The first kappa shape index (κ1) is 50.1. The Morgan fingerprint density at radius 3 is 1.46 bits per heavy atom. The van der Waals surface area contributed by atoms with Crippen molar-refractivity contribution in [1.29, 1.82) is 0 Å². The summed E-state index contributed by atoms with van der Waals surface area (Å²) in [5.74, 6) is -0.230. The molecule has 0 heterocycles. The number of phenolic OH excluding ortho intramolecular Hbond substituents is 1. The standard InChI is InChI=1S/C30H21N5O4S.4C3H8.CH4O3S/c31-28-25(34-32-23-12-9-18-5-1-3-7-20(18)15-23)14-11-22-17-26(40-39-38-37)29(30(36)27(22)28)35-33-24-13-10-19-6-2-4-8-21(19)16-24;4*1-3-2;1-5(2,3)4/h1-17,36-37H,31H2;4*3H2,1-2H3;1H3,(H,2,3,4). The number of phenols is 1. The molecule has 6 aromatic rings. The summed E-state index contributed by atoms with van der Waals surface area (Å²) < 4.78 is 30.5. The number of anilines is 1. The summed E-state index contributed by atoms with van der Waals surface area (Å²) in [6, 6.07) is 32.4. The van der Waals surface area contributed by atoms with E-state index in [9.17, 15) is 13.5 Å². The number of hydrogen-bond acceptors (Lipinski definition) is 12. The Kier molecular flexibility index (Phi) is 24.2. The number of rotatable bonds is 7. The highest BCUT2D eigenvalue weighted by Gasteiger charge is 2.18. The molecular formula is C43H57N5O7S2. The van der Waals surface area contributed by atoms with Crippen molar-refractivity contribution in [2.24, 2.45) is 20.5 Å². The second-order valence-electron chi connectivity index (χ2n) is 12.4. The Hall–Kier alpha value is -4.96. The summed E-state index contributed by atoms with van der Waals surface area (Å²) >= 11 is 0.663. The van der Waals surface area contributed by atoms with Crippen LogP contribution in [0.2, 0.25) is 0 Å². The molecule has 6 rings (SSSR count). The molecule has 12 nitrogen and oxygen atoms in total. The van der Waals surface area contributed by atoms with Crippen LogP contribution in [0.3, 0.4) is 0 Å². The smallest absolute Gasteiger partial charge is 0.261 e. The van der Waals surface area contributed by atoms with Crippen molar-refractivity contribution in [2.75, 3.05) is 12.0 Å². The molecule has 0 aliphatic heterocycles. The monoisotopic (exact) mass is 819 g/mol. The Morgan fingerprint density at radius 1 is 0.614 bits per heavy atom. The van der Waals surface area contributed by atoms with Gasteiger partial charge in [0, 0.05) is 0 Å². The van der Waals surface area contributed by atoms with Gasteiger partial charge in [0.2, 0.25) is 0 Å². The quantitative estimate of drug-likeness (QED) is 0.0303. The van der Waals surface area contributed by atoms with Crippen molar-refractivity contribution in [1.82, 2.24) is 0 Å². The lowest BCUT2D eigenvalue weighted by Gasteiger charge is -2.12. The highest BCUT2D eigenvalue weighted by Crippen LogP contribution is 2.48. The molecule has 0 unspecified atom stereocenters. The Balaban J connectivity index is 0.000000819. The van der Waals surface area contributed by atoms with E-state index < -0.39 is 10.1 Å². The largest absolute Gasteiger partial charge is 0.505 e. The fourth-order valence-corrected chi connectivity index (χ4v) is 4.95. The van der Waals surface area contributed by atoms with Crippen LogP contribution in [-0.2, 0) is 19.5 Å². The van der Waals surface area contributed by atoms with Crippen LogP contribution in [0.5, 0.6) is 5.75 Å². The maximum absolute atomic E-state index is 11.3. The zero-order valence-corrected chi connectivity index (χ0v) is 35.9. The van der Waals surface area contributed by atoms with E-state index in [1.165, 1.54) is 25.7 Å². The SMILES string of the molecule is CCC.CCC.CCC.CCC.CS(=O)(=O)O.Nc1c(N=Nc2ccc3ccccc3c2)ccc2cc(SOOO)c(N=Nc3ccc4ccccc4c3)c(O)c12. The van der Waals surface area contributed by atoms with Gasteiger partial charge in [0.15, 0.2) is 5.75 Å². The molecule has 0 atom stereocenters. The molecule has 0 amide bonds. The summed E-state index contributed by atoms with van der Waals surface area (Å²) in [5, 5.41) is 46.3. The molecule has 0 saturated carbocycles. The van der Waals surface area contributed by atoms with Gasteiger partial charge in [-0.25, -0.2) is 5.26 Å². The third kappa shape index (κ3) is 18.2. The highest BCUT2D eigenvalue weighted by atomic mass is 32.2. The molecule has 5 N–H and O–H groups in total. The van der Waals surface area contributed by atoms with E-state index in [0.717, 1.165) is 21.5 Å². The first-order chi connectivity index (χ1) is 27.3. The van der Waals surface area contributed by atoms with Crippen molar-refractivity contribution in [3.05, 3.63) is 103 Å². The molecule has 0 fully saturated rings. The first-order valence-corrected chi connectivity index (χ1v) is 21.3. The molecule has 0 aliphatic rings. The number of nitrogens with two attached hydrogens (primary N) is 1. The minimum atomic E-state index is -3.67. The third-order valence-electron chi connectivity index (χ3n) is 6.39. The second-order valence-corrected chi connectivity index (χ2v) is 14.6. The molecular weight excluding hydrogens is 763 g/mol. The molecule has 0 aromatic heterocycles. The summed E-state index contributed by atoms with van der Waals surface area (Å²) in [7, 11) is -3.67. The maximum atomic E-state index is 11.3. The second kappa shape index (κ2) is 27.6. The van der Waals surface area contributed by atoms with Gasteiger partial charge in [-0.1, -0.05) is 153 Å². The van der Waals surface area contributed by atoms with Crippen LogP contribution in [0.1, 0.15) is 81.1 Å². The van der Waals surface area contributed by atoms with Gasteiger partial charge in [-0.3, -0.25) is 4.55 Å². The minimum absolute atomic E-state index is 0.0815. The Bertz CT molecular complexity index is 2250. The molecule has 0 radical (unpaired) electrons. The van der Waals surface area contributed by atoms with Gasteiger partial charge in [0.05, 0.1) is 45.6 Å². The Morgan fingerprint density at radius 2 is 1.02 bits per heavy atom. The lowest BCUT2D eigenvalue weighted by atomic mass is 10.1. The van der Waals surface area contributed by atoms with Crippen molar-refractivity contribution in [3.63, 3.8) is 0 Å². The number of benzene rings is 6. The number of azo groups is 2.